The van der Waals surface area contributed by atoms with Gasteiger partial charge in [0.2, 0.25) is 0 Å². The molecule has 0 radical (unpaired) electrons. The van der Waals surface area contributed by atoms with Crippen LogP contribution in [0.5, 0.6) is 5.75 Å². The van der Waals surface area contributed by atoms with Crippen molar-refractivity contribution in [1.29, 1.82) is 0 Å². The van der Waals surface area contributed by atoms with Crippen molar-refractivity contribution in [3.8, 4) is 5.75 Å². The van der Waals surface area contributed by atoms with Gasteiger partial charge in [0.1, 0.15) is 5.75 Å². The lowest BCUT2D eigenvalue weighted by Gasteiger charge is -2.27. The third-order valence-electron chi connectivity index (χ3n) is 5.00. The van der Waals surface area contributed by atoms with Gasteiger partial charge in [-0.1, -0.05) is 60.5 Å². The molecule has 0 saturated heterocycles. The van der Waals surface area contributed by atoms with Gasteiger partial charge in [-0.15, -0.1) is 0 Å². The van der Waals surface area contributed by atoms with Gasteiger partial charge < -0.3 is 10.8 Å². The summed E-state index contributed by atoms with van der Waals surface area (Å²) in [4.78, 5) is 4.73. The molecule has 0 amide bonds. The molecule has 0 aliphatic heterocycles. The number of nitrogens with two attached hydrogens (primary N) is 1. The van der Waals surface area contributed by atoms with E-state index in [0.717, 1.165) is 24.0 Å². The number of nitrogens with zero attached hydrogens (tertiary/aromatic N) is 1. The van der Waals surface area contributed by atoms with E-state index in [4.69, 9.17) is 10.7 Å². The molecule has 1 aromatic carbocycles. The summed E-state index contributed by atoms with van der Waals surface area (Å²) < 4.78 is 0. The summed E-state index contributed by atoms with van der Waals surface area (Å²) in [6, 6.07) is 4.53. The molecule has 3 heteroatoms. The summed E-state index contributed by atoms with van der Waals surface area (Å²) in [5.74, 6) is 0.351. The number of hydrogen-bond acceptors (Lipinski definition) is 3. The van der Waals surface area contributed by atoms with Crippen molar-refractivity contribution < 1.29 is 5.11 Å². The van der Waals surface area contributed by atoms with E-state index in [2.05, 4.69) is 53.7 Å². The summed E-state index contributed by atoms with van der Waals surface area (Å²) in [6.45, 7) is 13.0. The van der Waals surface area contributed by atoms with E-state index in [-0.39, 0.29) is 22.9 Å². The predicted molar refractivity (Wildman–Crippen MR) is 103 cm³/mol. The molecule has 0 heterocycles. The summed E-state index contributed by atoms with van der Waals surface area (Å²) in [5, 5.41) is 10.8. The third-order valence-corrected chi connectivity index (χ3v) is 5.00. The lowest BCUT2D eigenvalue weighted by Crippen LogP contribution is -2.36. The Morgan fingerprint density at radius 3 is 2.21 bits per heavy atom. The fraction of sp³-hybridized carbons (Fsp3) is 0.667. The van der Waals surface area contributed by atoms with E-state index in [1.807, 2.05) is 6.21 Å². The van der Waals surface area contributed by atoms with Crippen molar-refractivity contribution >= 4 is 6.21 Å². The highest BCUT2D eigenvalue weighted by Crippen LogP contribution is 2.37. The lowest BCUT2D eigenvalue weighted by atomic mass is 9.79. The molecule has 1 saturated carbocycles. The van der Waals surface area contributed by atoms with E-state index < -0.39 is 0 Å². The zero-order chi connectivity index (χ0) is 18.1. The minimum absolute atomic E-state index is 0.0253. The smallest absolute Gasteiger partial charge is 0.128 e. The first-order chi connectivity index (χ1) is 11.0. The second-order valence-corrected chi connectivity index (χ2v) is 9.26. The molecule has 2 rings (SSSR count). The largest absolute Gasteiger partial charge is 0.507 e. The van der Waals surface area contributed by atoms with Crippen LogP contribution in [-0.4, -0.2) is 23.4 Å². The Morgan fingerprint density at radius 2 is 1.67 bits per heavy atom. The van der Waals surface area contributed by atoms with Crippen LogP contribution in [0.4, 0.5) is 0 Å². The van der Waals surface area contributed by atoms with Gasteiger partial charge in [-0.2, -0.15) is 0 Å². The number of rotatable bonds is 2. The van der Waals surface area contributed by atoms with Gasteiger partial charge in [-0.25, -0.2) is 0 Å². The third kappa shape index (κ3) is 4.38. The maximum absolute atomic E-state index is 10.8. The summed E-state index contributed by atoms with van der Waals surface area (Å²) in [7, 11) is 0. The molecule has 3 nitrogen and oxygen atoms in total. The molecule has 1 aliphatic carbocycles. The molecule has 0 aromatic heterocycles. The van der Waals surface area contributed by atoms with Crippen molar-refractivity contribution in [2.24, 2.45) is 10.7 Å². The highest BCUT2D eigenvalue weighted by atomic mass is 16.3. The van der Waals surface area contributed by atoms with Crippen LogP contribution in [0.3, 0.4) is 0 Å². The maximum atomic E-state index is 10.8. The minimum Gasteiger partial charge on any atom is -0.507 e. The SMILES string of the molecule is CC(C)(C)c1cc(C=NC2CCCC[C@@H]2N)c(O)c(C(C)(C)C)c1. The van der Waals surface area contributed by atoms with Gasteiger partial charge in [0.25, 0.3) is 0 Å². The van der Waals surface area contributed by atoms with Crippen LogP contribution in [0, 0.1) is 0 Å². The normalized spacial score (nSPS) is 23.0. The molecule has 134 valence electrons. The van der Waals surface area contributed by atoms with Crippen molar-refractivity contribution in [3.63, 3.8) is 0 Å². The zero-order valence-corrected chi connectivity index (χ0v) is 16.2. The van der Waals surface area contributed by atoms with Crippen molar-refractivity contribution in [2.75, 3.05) is 0 Å². The standard InChI is InChI=1S/C21H34N2O/c1-20(2,3)15-11-14(19(24)16(12-15)21(4,5)6)13-23-18-10-8-7-9-17(18)22/h11-13,17-18,24H,7-10,22H2,1-6H3/t17-,18?/m0/s1. The maximum Gasteiger partial charge on any atom is 0.128 e. The van der Waals surface area contributed by atoms with Gasteiger partial charge in [0.05, 0.1) is 6.04 Å². The number of aliphatic imine (C=N–C) groups is 1. The molecule has 24 heavy (non-hydrogen) atoms. The predicted octanol–water partition coefficient (Wildman–Crippen LogP) is 4.68. The summed E-state index contributed by atoms with van der Waals surface area (Å²) in [6.07, 6.45) is 6.32. The highest BCUT2D eigenvalue weighted by Gasteiger charge is 2.25. The Balaban J connectivity index is 2.44. The van der Waals surface area contributed by atoms with E-state index in [0.29, 0.717) is 5.75 Å². The van der Waals surface area contributed by atoms with E-state index >= 15 is 0 Å². The second-order valence-electron chi connectivity index (χ2n) is 9.26. The average molecular weight is 331 g/mol. The van der Waals surface area contributed by atoms with Crippen LogP contribution in [0.2, 0.25) is 0 Å². The number of aromatic hydroxyl groups is 1. The van der Waals surface area contributed by atoms with Crippen molar-refractivity contribution in [3.05, 3.63) is 28.8 Å². The van der Waals surface area contributed by atoms with Crippen molar-refractivity contribution in [1.82, 2.24) is 0 Å². The Labute approximate surface area is 147 Å². The van der Waals surface area contributed by atoms with Gasteiger partial charge in [0.15, 0.2) is 0 Å². The minimum atomic E-state index is -0.116. The van der Waals surface area contributed by atoms with E-state index in [1.165, 1.54) is 18.4 Å². The Morgan fingerprint density at radius 1 is 1.04 bits per heavy atom. The van der Waals surface area contributed by atoms with Crippen LogP contribution in [0.15, 0.2) is 17.1 Å². The number of hydrogen-bond donors (Lipinski definition) is 2. The fourth-order valence-corrected chi connectivity index (χ4v) is 3.26. The Hall–Kier alpha value is -1.35. The average Bonchev–Trinajstić information content (AvgIpc) is 2.45. The molecule has 1 aliphatic rings. The first kappa shape index (κ1) is 19.0. The van der Waals surface area contributed by atoms with Crippen LogP contribution >= 0.6 is 0 Å². The first-order valence-electron chi connectivity index (χ1n) is 9.17. The number of benzene rings is 1. The molecule has 0 bridgehead atoms. The highest BCUT2D eigenvalue weighted by molar-refractivity contribution is 5.85. The zero-order valence-electron chi connectivity index (χ0n) is 16.2. The van der Waals surface area contributed by atoms with Gasteiger partial charge in [-0.3, -0.25) is 4.99 Å². The molecule has 2 atom stereocenters. The van der Waals surface area contributed by atoms with Crippen LogP contribution in [-0.2, 0) is 10.8 Å². The Kier molecular flexibility index (Phi) is 5.44. The number of phenolic OH excluding ortho intramolecular Hbond substituents is 1. The lowest BCUT2D eigenvalue weighted by molar-refractivity contribution is 0.387. The second kappa shape index (κ2) is 6.87. The van der Waals surface area contributed by atoms with Crippen LogP contribution in [0.25, 0.3) is 0 Å². The number of phenols is 1. The quantitative estimate of drug-likeness (QED) is 0.774. The summed E-state index contributed by atoms with van der Waals surface area (Å²) in [5.41, 5.74) is 9.12. The van der Waals surface area contributed by atoms with E-state index in [9.17, 15) is 5.11 Å². The van der Waals surface area contributed by atoms with Crippen LogP contribution in [0.1, 0.15) is 83.9 Å². The summed E-state index contributed by atoms with van der Waals surface area (Å²) >= 11 is 0. The molecule has 3 N–H and O–H groups in total. The van der Waals surface area contributed by atoms with Crippen LogP contribution < -0.4 is 5.73 Å². The fourth-order valence-electron chi connectivity index (χ4n) is 3.26. The molecular formula is C21H34N2O. The van der Waals surface area contributed by atoms with Gasteiger partial charge in [-0.05, 0) is 35.3 Å². The van der Waals surface area contributed by atoms with E-state index in [1.54, 1.807) is 0 Å². The molecule has 1 unspecified atom stereocenters. The Bertz CT molecular complexity index is 605. The van der Waals surface area contributed by atoms with Gasteiger partial charge >= 0.3 is 0 Å². The molecule has 1 fully saturated rings. The molecular weight excluding hydrogens is 296 g/mol. The molecule has 1 aromatic rings. The van der Waals surface area contributed by atoms with Gasteiger partial charge in [0, 0.05) is 23.4 Å². The molecule has 0 spiro atoms. The monoisotopic (exact) mass is 330 g/mol. The topological polar surface area (TPSA) is 58.6 Å². The van der Waals surface area contributed by atoms with Crippen molar-refractivity contribution in [2.45, 2.75) is 90.1 Å². The first-order valence-corrected chi connectivity index (χ1v) is 9.17.